The van der Waals surface area contributed by atoms with Crippen molar-refractivity contribution in [1.82, 2.24) is 20.2 Å². The van der Waals surface area contributed by atoms with E-state index in [1.807, 2.05) is 12.2 Å². The summed E-state index contributed by atoms with van der Waals surface area (Å²) in [6.07, 6.45) is 28.1. The second-order valence-corrected chi connectivity index (χ2v) is 11.0. The number of allylic oxidation sites excluding steroid dienone is 12. The summed E-state index contributed by atoms with van der Waals surface area (Å²) < 4.78 is 26.6. The zero-order valence-electron chi connectivity index (χ0n) is 27.4. The molecule has 0 aliphatic carbocycles. The van der Waals surface area contributed by atoms with Crippen LogP contribution in [0.2, 0.25) is 0 Å². The number of alkyl halides is 1. The fraction of sp³-hybridized carbons (Fsp3) is 0.486. The Hall–Kier alpha value is -4.29. The maximum atomic E-state index is 15.2. The van der Waals surface area contributed by atoms with Gasteiger partial charge < -0.3 is 30.9 Å². The van der Waals surface area contributed by atoms with E-state index < -0.39 is 42.5 Å². The average Bonchev–Trinajstić information content (AvgIpc) is 3.26. The number of halogens is 1. The lowest BCUT2D eigenvalue weighted by Gasteiger charge is -2.24. The standard InChI is InChI=1S/C35H50FN5O6/c1-3-4-5-6-7-8-9-10-11-12-13-14-15-16-17-18-19-20-21-22-30(42)38-24-25-39-34(45)46-27-28-31(43)35(2,36)32(47-28)41-26-23-29(37)40-33(41)44/h4-5,7-8,10-11,13-14,16-17,19-20,23,26,28,31-32,43H,3,6,9,12,15,18,21-22,24-25,27H2,1-2H3,(H,38,42)(H,39,45)(H2,37,40,44)/b5-4-,8-7-,11-10-,14-13-,17-16-,20-19-/t28-,31-,32-,35-/m1/s1. The van der Waals surface area contributed by atoms with Gasteiger partial charge in [-0.15, -0.1) is 0 Å². The predicted molar refractivity (Wildman–Crippen MR) is 182 cm³/mol. The number of aliphatic hydroxyl groups is 1. The highest BCUT2D eigenvalue weighted by Crippen LogP contribution is 2.40. The van der Waals surface area contributed by atoms with Crippen LogP contribution < -0.4 is 22.1 Å². The number of nitrogens with two attached hydrogens (primary N) is 1. The quantitative estimate of drug-likeness (QED) is 0.111. The van der Waals surface area contributed by atoms with Crippen LogP contribution in [0.1, 0.15) is 71.4 Å². The molecule has 1 fully saturated rings. The Balaban J connectivity index is 1.50. The van der Waals surface area contributed by atoms with E-state index >= 15 is 4.39 Å². The Morgan fingerprint density at radius 2 is 1.51 bits per heavy atom. The van der Waals surface area contributed by atoms with Crippen LogP contribution >= 0.6 is 0 Å². The first-order chi connectivity index (χ1) is 22.7. The SMILES string of the molecule is CC/C=C\C/C=C\C/C=C\C/C=C\C/C=C\C/C=C\CCC(=O)NCCNC(=O)OC[C@H]1O[C@@H](n2ccc(N)nc2=O)[C@](C)(F)[C@@H]1O. The van der Waals surface area contributed by atoms with Crippen molar-refractivity contribution in [3.05, 3.63) is 95.7 Å². The summed E-state index contributed by atoms with van der Waals surface area (Å²) in [7, 11) is 0. The lowest BCUT2D eigenvalue weighted by molar-refractivity contribution is -0.120. The van der Waals surface area contributed by atoms with Gasteiger partial charge in [-0.25, -0.2) is 14.0 Å². The van der Waals surface area contributed by atoms with E-state index in [1.54, 1.807) is 0 Å². The van der Waals surface area contributed by atoms with E-state index in [1.165, 1.54) is 12.3 Å². The van der Waals surface area contributed by atoms with Gasteiger partial charge in [0.1, 0.15) is 24.6 Å². The summed E-state index contributed by atoms with van der Waals surface area (Å²) in [6, 6.07) is 1.30. The Morgan fingerprint density at radius 3 is 2.06 bits per heavy atom. The number of alkyl carbamates (subject to hydrolysis) is 1. The summed E-state index contributed by atoms with van der Waals surface area (Å²) in [5, 5.41) is 15.5. The molecule has 1 saturated heterocycles. The van der Waals surface area contributed by atoms with Gasteiger partial charge >= 0.3 is 11.8 Å². The minimum atomic E-state index is -2.36. The molecule has 47 heavy (non-hydrogen) atoms. The number of aromatic nitrogens is 2. The molecule has 5 N–H and O–H groups in total. The summed E-state index contributed by atoms with van der Waals surface area (Å²) in [5.74, 6) is -0.189. The van der Waals surface area contributed by atoms with Crippen LogP contribution in [-0.2, 0) is 14.3 Å². The Bertz CT molecular complexity index is 1330. The van der Waals surface area contributed by atoms with Gasteiger partial charge in [0.05, 0.1) is 0 Å². The van der Waals surface area contributed by atoms with Crippen molar-refractivity contribution in [3.63, 3.8) is 0 Å². The van der Waals surface area contributed by atoms with Gasteiger partial charge in [-0.2, -0.15) is 4.98 Å². The van der Waals surface area contributed by atoms with E-state index in [-0.39, 0.29) is 24.8 Å². The van der Waals surface area contributed by atoms with Crippen LogP contribution in [0.4, 0.5) is 15.0 Å². The number of rotatable bonds is 20. The van der Waals surface area contributed by atoms with Gasteiger partial charge in [0.15, 0.2) is 11.9 Å². The summed E-state index contributed by atoms with van der Waals surface area (Å²) in [6.45, 7) is 3.05. The highest BCUT2D eigenvalue weighted by atomic mass is 19.1. The lowest BCUT2D eigenvalue weighted by Crippen LogP contribution is -2.43. The molecule has 4 atom stereocenters. The van der Waals surface area contributed by atoms with Crippen LogP contribution in [0, 0.1) is 0 Å². The average molecular weight is 656 g/mol. The molecule has 258 valence electrons. The zero-order chi connectivity index (χ0) is 34.3. The normalized spacial score (nSPS) is 21.7. The Morgan fingerprint density at radius 1 is 0.979 bits per heavy atom. The number of aliphatic hydroxyl groups excluding tert-OH is 1. The highest BCUT2D eigenvalue weighted by molar-refractivity contribution is 5.76. The second-order valence-electron chi connectivity index (χ2n) is 11.0. The van der Waals surface area contributed by atoms with E-state index in [0.29, 0.717) is 12.8 Å². The molecule has 0 bridgehead atoms. The first-order valence-corrected chi connectivity index (χ1v) is 16.1. The number of nitrogen functional groups attached to an aromatic ring is 1. The van der Waals surface area contributed by atoms with Crippen LogP contribution in [0.25, 0.3) is 0 Å². The van der Waals surface area contributed by atoms with Crippen molar-refractivity contribution < 1.29 is 28.6 Å². The third-order valence-corrected chi connectivity index (χ3v) is 7.05. The molecular formula is C35H50FN5O6. The molecule has 1 aliphatic rings. The number of ether oxygens (including phenoxy) is 2. The number of anilines is 1. The summed E-state index contributed by atoms with van der Waals surface area (Å²) in [5.41, 5.74) is 2.27. The van der Waals surface area contributed by atoms with Gasteiger partial charge in [0.25, 0.3) is 0 Å². The Labute approximate surface area is 276 Å². The molecule has 1 aliphatic heterocycles. The Kier molecular flexibility index (Phi) is 18.4. The molecule has 2 amide bonds. The first-order valence-electron chi connectivity index (χ1n) is 16.1. The van der Waals surface area contributed by atoms with Gasteiger partial charge in [-0.1, -0.05) is 79.8 Å². The van der Waals surface area contributed by atoms with Crippen molar-refractivity contribution in [2.24, 2.45) is 0 Å². The molecule has 2 rings (SSSR count). The topological polar surface area (TPSA) is 158 Å². The number of carbonyl (C=O) groups excluding carboxylic acids is 2. The lowest BCUT2D eigenvalue weighted by atomic mass is 9.98. The maximum Gasteiger partial charge on any atom is 0.407 e. The largest absolute Gasteiger partial charge is 0.447 e. The van der Waals surface area contributed by atoms with E-state index in [4.69, 9.17) is 15.2 Å². The molecule has 0 saturated carbocycles. The third-order valence-electron chi connectivity index (χ3n) is 7.05. The predicted octanol–water partition coefficient (Wildman–Crippen LogP) is 5.13. The van der Waals surface area contributed by atoms with Gasteiger partial charge in [-0.3, -0.25) is 9.36 Å². The smallest absolute Gasteiger partial charge is 0.407 e. The van der Waals surface area contributed by atoms with Crippen LogP contribution in [0.15, 0.2) is 90.0 Å². The fourth-order valence-electron chi connectivity index (χ4n) is 4.47. The monoisotopic (exact) mass is 655 g/mol. The van der Waals surface area contributed by atoms with Crippen LogP contribution in [-0.4, -0.2) is 64.2 Å². The number of carbonyl (C=O) groups is 2. The molecule has 0 radical (unpaired) electrons. The zero-order valence-corrected chi connectivity index (χ0v) is 27.4. The van der Waals surface area contributed by atoms with Crippen molar-refractivity contribution >= 4 is 17.8 Å². The van der Waals surface area contributed by atoms with E-state index in [0.717, 1.165) is 50.0 Å². The molecule has 11 nitrogen and oxygen atoms in total. The molecule has 1 aromatic rings. The van der Waals surface area contributed by atoms with Gasteiger partial charge in [0, 0.05) is 25.7 Å². The van der Waals surface area contributed by atoms with Crippen LogP contribution in [0.3, 0.4) is 0 Å². The molecule has 12 heteroatoms. The number of nitrogens with zero attached hydrogens (tertiary/aromatic N) is 2. The molecule has 0 aromatic carbocycles. The van der Waals surface area contributed by atoms with Crippen molar-refractivity contribution in [2.45, 2.75) is 89.3 Å². The van der Waals surface area contributed by atoms with Gasteiger partial charge in [0.2, 0.25) is 5.91 Å². The molecule has 2 heterocycles. The van der Waals surface area contributed by atoms with Crippen molar-refractivity contribution in [2.75, 3.05) is 25.4 Å². The number of nitrogens with one attached hydrogen (secondary N) is 2. The van der Waals surface area contributed by atoms with Crippen LogP contribution in [0.5, 0.6) is 0 Å². The minimum absolute atomic E-state index is 0.0389. The second kappa shape index (κ2) is 22.3. The number of hydrogen-bond donors (Lipinski definition) is 4. The molecular weight excluding hydrogens is 605 g/mol. The highest BCUT2D eigenvalue weighted by Gasteiger charge is 2.55. The number of hydrogen-bond acceptors (Lipinski definition) is 8. The van der Waals surface area contributed by atoms with Gasteiger partial charge in [-0.05, 0) is 57.9 Å². The van der Waals surface area contributed by atoms with E-state index in [9.17, 15) is 19.5 Å². The molecule has 0 spiro atoms. The minimum Gasteiger partial charge on any atom is -0.447 e. The molecule has 1 aromatic heterocycles. The van der Waals surface area contributed by atoms with Crippen molar-refractivity contribution in [1.29, 1.82) is 0 Å². The third kappa shape index (κ3) is 15.2. The summed E-state index contributed by atoms with van der Waals surface area (Å²) in [4.78, 5) is 39.7. The fourth-order valence-corrected chi connectivity index (χ4v) is 4.47. The van der Waals surface area contributed by atoms with Crippen molar-refractivity contribution in [3.8, 4) is 0 Å². The first kappa shape index (κ1) is 38.9. The summed E-state index contributed by atoms with van der Waals surface area (Å²) >= 11 is 0. The maximum absolute atomic E-state index is 15.2. The van der Waals surface area contributed by atoms with E-state index in [2.05, 4.69) is 83.3 Å². The number of amides is 2. The molecule has 0 unspecified atom stereocenters.